The van der Waals surface area contributed by atoms with Crippen molar-refractivity contribution in [3.63, 3.8) is 0 Å². The fourth-order valence-electron chi connectivity index (χ4n) is 3.43. The first-order chi connectivity index (χ1) is 14.4. The van der Waals surface area contributed by atoms with Crippen LogP contribution in [0.2, 0.25) is 0 Å². The number of ether oxygens (including phenoxy) is 3. The van der Waals surface area contributed by atoms with Crippen molar-refractivity contribution >= 4 is 33.2 Å². The first kappa shape index (κ1) is 22.2. The van der Waals surface area contributed by atoms with Crippen molar-refractivity contribution in [2.45, 2.75) is 11.7 Å². The van der Waals surface area contributed by atoms with E-state index in [2.05, 4.69) is 0 Å². The van der Waals surface area contributed by atoms with Crippen LogP contribution in [0, 0.1) is 0 Å². The highest BCUT2D eigenvalue weighted by molar-refractivity contribution is 7.91. The zero-order valence-electron chi connectivity index (χ0n) is 17.2. The van der Waals surface area contributed by atoms with Crippen LogP contribution in [0.5, 0.6) is 17.2 Å². The molecule has 1 unspecified atom stereocenters. The molecule has 162 valence electrons. The van der Waals surface area contributed by atoms with E-state index in [1.54, 1.807) is 23.1 Å². The molecule has 1 saturated heterocycles. The fourth-order valence-corrected chi connectivity index (χ4v) is 6.43. The zero-order chi connectivity index (χ0) is 21.7. The van der Waals surface area contributed by atoms with E-state index in [0.29, 0.717) is 35.8 Å². The SMILES string of the molecule is COc1cc(/C=C/C(=O)N2CCC(c3cccs3)S(=O)(=O)CC2)cc(OC)c1OC. The molecule has 2 heterocycles. The predicted molar refractivity (Wildman–Crippen MR) is 117 cm³/mol. The van der Waals surface area contributed by atoms with Crippen molar-refractivity contribution in [3.05, 3.63) is 46.2 Å². The Balaban J connectivity index is 1.75. The number of thiophene rings is 1. The Morgan fingerprint density at radius 3 is 2.40 bits per heavy atom. The van der Waals surface area contributed by atoms with Gasteiger partial charge >= 0.3 is 0 Å². The number of hydrogen-bond acceptors (Lipinski definition) is 7. The van der Waals surface area contributed by atoms with Gasteiger partial charge in [-0.25, -0.2) is 8.42 Å². The molecular weight excluding hydrogens is 426 g/mol. The van der Waals surface area contributed by atoms with E-state index in [1.165, 1.54) is 38.7 Å². The molecule has 0 aliphatic carbocycles. The van der Waals surface area contributed by atoms with E-state index in [0.717, 1.165) is 4.88 Å². The summed E-state index contributed by atoms with van der Waals surface area (Å²) in [5.74, 6) is 1.18. The lowest BCUT2D eigenvalue weighted by Crippen LogP contribution is -2.32. The Morgan fingerprint density at radius 2 is 1.83 bits per heavy atom. The van der Waals surface area contributed by atoms with Gasteiger partial charge in [-0.2, -0.15) is 0 Å². The molecule has 9 heteroatoms. The number of sulfone groups is 1. The summed E-state index contributed by atoms with van der Waals surface area (Å²) in [6.45, 7) is 0.572. The van der Waals surface area contributed by atoms with Crippen molar-refractivity contribution in [2.24, 2.45) is 0 Å². The van der Waals surface area contributed by atoms with E-state index in [4.69, 9.17) is 14.2 Å². The Bertz CT molecular complexity index is 989. The zero-order valence-corrected chi connectivity index (χ0v) is 18.8. The standard InChI is InChI=1S/C21H25NO6S2/c1-26-16-13-15(14-17(27-2)21(16)28-3)6-7-20(23)22-9-8-19(18-5-4-11-29-18)30(24,25)12-10-22/h4-7,11,13-14,19H,8-10,12H2,1-3H3/b7-6+. The minimum absolute atomic E-state index is 0.0423. The number of nitrogens with zero attached hydrogens (tertiary/aromatic N) is 1. The second-order valence-corrected chi connectivity index (χ2v) is 10.1. The molecule has 1 atom stereocenters. The molecule has 0 N–H and O–H groups in total. The molecule has 0 spiro atoms. The average molecular weight is 452 g/mol. The number of hydrogen-bond donors (Lipinski definition) is 0. The molecule has 1 aromatic heterocycles. The molecule has 1 fully saturated rings. The maximum Gasteiger partial charge on any atom is 0.246 e. The van der Waals surface area contributed by atoms with Gasteiger partial charge in [-0.15, -0.1) is 11.3 Å². The molecular formula is C21H25NO6S2. The van der Waals surface area contributed by atoms with Gasteiger partial charge in [0.2, 0.25) is 11.7 Å². The largest absolute Gasteiger partial charge is 0.493 e. The number of carbonyl (C=O) groups is 1. The highest BCUT2D eigenvalue weighted by atomic mass is 32.2. The summed E-state index contributed by atoms with van der Waals surface area (Å²) in [5.41, 5.74) is 0.705. The minimum Gasteiger partial charge on any atom is -0.493 e. The molecule has 1 aliphatic rings. The Labute approximate surface area is 180 Å². The lowest BCUT2D eigenvalue weighted by atomic mass is 10.1. The van der Waals surface area contributed by atoms with Gasteiger partial charge in [0.1, 0.15) is 0 Å². The first-order valence-electron chi connectivity index (χ1n) is 9.41. The number of amides is 1. The lowest BCUT2D eigenvalue weighted by molar-refractivity contribution is -0.125. The van der Waals surface area contributed by atoms with Crippen molar-refractivity contribution in [3.8, 4) is 17.2 Å². The van der Waals surface area contributed by atoms with Crippen LogP contribution in [-0.4, -0.2) is 59.4 Å². The summed E-state index contributed by atoms with van der Waals surface area (Å²) in [5, 5.41) is 1.33. The molecule has 30 heavy (non-hydrogen) atoms. The van der Waals surface area contributed by atoms with Gasteiger partial charge in [-0.05, 0) is 41.6 Å². The number of methoxy groups -OCH3 is 3. The quantitative estimate of drug-likeness (QED) is 0.628. The number of benzene rings is 1. The van der Waals surface area contributed by atoms with Crippen molar-refractivity contribution in [1.29, 1.82) is 0 Å². The highest BCUT2D eigenvalue weighted by Crippen LogP contribution is 2.38. The topological polar surface area (TPSA) is 82.1 Å². The monoisotopic (exact) mass is 451 g/mol. The van der Waals surface area contributed by atoms with Gasteiger partial charge < -0.3 is 19.1 Å². The van der Waals surface area contributed by atoms with Crippen LogP contribution < -0.4 is 14.2 Å². The van der Waals surface area contributed by atoms with E-state index >= 15 is 0 Å². The first-order valence-corrected chi connectivity index (χ1v) is 12.0. The number of rotatable bonds is 6. The van der Waals surface area contributed by atoms with Gasteiger partial charge in [0, 0.05) is 24.0 Å². The molecule has 1 amide bonds. The Morgan fingerprint density at radius 1 is 1.13 bits per heavy atom. The third-order valence-corrected chi connectivity index (χ3v) is 8.26. The molecule has 1 aromatic carbocycles. The third kappa shape index (κ3) is 4.79. The van der Waals surface area contributed by atoms with Crippen LogP contribution >= 0.6 is 11.3 Å². The van der Waals surface area contributed by atoms with E-state index in [-0.39, 0.29) is 18.2 Å². The Kier molecular flexibility index (Phi) is 7.04. The molecule has 0 bridgehead atoms. The molecule has 3 rings (SSSR count). The van der Waals surface area contributed by atoms with E-state index in [1.807, 2.05) is 17.5 Å². The number of carbonyl (C=O) groups excluding carboxylic acids is 1. The highest BCUT2D eigenvalue weighted by Gasteiger charge is 2.32. The van der Waals surface area contributed by atoms with E-state index < -0.39 is 15.1 Å². The smallest absolute Gasteiger partial charge is 0.246 e. The third-order valence-electron chi connectivity index (χ3n) is 5.02. The summed E-state index contributed by atoms with van der Waals surface area (Å²) >= 11 is 1.44. The van der Waals surface area contributed by atoms with Crippen LogP contribution in [0.15, 0.2) is 35.7 Å². The minimum atomic E-state index is -3.30. The molecule has 2 aromatic rings. The van der Waals surface area contributed by atoms with Gasteiger partial charge in [0.25, 0.3) is 0 Å². The van der Waals surface area contributed by atoms with Crippen LogP contribution in [0.25, 0.3) is 6.08 Å². The fraction of sp³-hybridized carbons (Fsp3) is 0.381. The average Bonchev–Trinajstić information content (AvgIpc) is 3.22. The van der Waals surface area contributed by atoms with Crippen molar-refractivity contribution in [1.82, 2.24) is 4.90 Å². The van der Waals surface area contributed by atoms with Crippen LogP contribution in [0.1, 0.15) is 22.1 Å². The molecule has 0 radical (unpaired) electrons. The van der Waals surface area contributed by atoms with Gasteiger partial charge in [-0.1, -0.05) is 6.07 Å². The summed E-state index contributed by atoms with van der Waals surface area (Å²) in [6.07, 6.45) is 3.49. The van der Waals surface area contributed by atoms with Crippen molar-refractivity contribution < 1.29 is 27.4 Å². The second-order valence-electron chi connectivity index (χ2n) is 6.78. The summed E-state index contributed by atoms with van der Waals surface area (Å²) in [7, 11) is 1.28. The predicted octanol–water partition coefficient (Wildman–Crippen LogP) is 3.18. The summed E-state index contributed by atoms with van der Waals surface area (Å²) < 4.78 is 41.3. The Hall–Kier alpha value is -2.52. The van der Waals surface area contributed by atoms with E-state index in [9.17, 15) is 13.2 Å². The van der Waals surface area contributed by atoms with Crippen LogP contribution in [0.3, 0.4) is 0 Å². The van der Waals surface area contributed by atoms with Crippen molar-refractivity contribution in [2.75, 3.05) is 40.2 Å². The normalized spacial score (nSPS) is 18.8. The van der Waals surface area contributed by atoms with Gasteiger partial charge in [-0.3, -0.25) is 4.79 Å². The second kappa shape index (κ2) is 9.53. The van der Waals surface area contributed by atoms with Crippen LogP contribution in [0.4, 0.5) is 0 Å². The lowest BCUT2D eigenvalue weighted by Gasteiger charge is -2.18. The summed E-state index contributed by atoms with van der Waals surface area (Å²) in [6, 6.07) is 7.17. The molecule has 1 aliphatic heterocycles. The molecule has 0 saturated carbocycles. The maximum atomic E-state index is 12.7. The van der Waals surface area contributed by atoms with Gasteiger partial charge in [0.05, 0.1) is 32.3 Å². The maximum absolute atomic E-state index is 12.7. The van der Waals surface area contributed by atoms with Crippen LogP contribution in [-0.2, 0) is 14.6 Å². The van der Waals surface area contributed by atoms with Gasteiger partial charge in [0.15, 0.2) is 21.3 Å². The summed E-state index contributed by atoms with van der Waals surface area (Å²) in [4.78, 5) is 15.1. The molecule has 7 nitrogen and oxygen atoms in total.